The fourth-order valence-electron chi connectivity index (χ4n) is 2.42. The van der Waals surface area contributed by atoms with E-state index >= 15 is 0 Å². The lowest BCUT2D eigenvalue weighted by Gasteiger charge is -2.39. The average Bonchev–Trinajstić information content (AvgIpc) is 2.60. The molecule has 1 fully saturated rings. The zero-order chi connectivity index (χ0) is 17.6. The molecule has 2 atom stereocenters. The Hall–Kier alpha value is -1.21. The molecule has 4 nitrogen and oxygen atoms in total. The van der Waals surface area contributed by atoms with Gasteiger partial charge in [-0.15, -0.1) is 0 Å². The predicted molar refractivity (Wildman–Crippen MR) is 101 cm³/mol. The van der Waals surface area contributed by atoms with Crippen LogP contribution < -0.4 is 0 Å². The van der Waals surface area contributed by atoms with E-state index < -0.39 is 4.83 Å². The van der Waals surface area contributed by atoms with Gasteiger partial charge in [-0.05, 0) is 12.0 Å². The van der Waals surface area contributed by atoms with Gasteiger partial charge in [0.25, 0.3) is 0 Å². The van der Waals surface area contributed by atoms with Crippen LogP contribution in [0.1, 0.15) is 23.8 Å². The highest BCUT2D eigenvalue weighted by Gasteiger charge is 2.38. The molecule has 0 bridgehead atoms. The Morgan fingerprint density at radius 1 is 1.00 bits per heavy atom. The number of hydrogen-bond acceptors (Lipinski definition) is 4. The molecular weight excluding hydrogens is 452 g/mol. The van der Waals surface area contributed by atoms with Crippen LogP contribution >= 0.6 is 31.9 Å². The molecule has 1 aliphatic heterocycles. The number of alkyl halides is 2. The van der Waals surface area contributed by atoms with E-state index in [1.165, 1.54) is 0 Å². The van der Waals surface area contributed by atoms with Gasteiger partial charge in [-0.1, -0.05) is 92.5 Å². The van der Waals surface area contributed by atoms with Crippen molar-refractivity contribution in [3.63, 3.8) is 0 Å². The SMILES string of the molecule is O=C(OCc1ccccc1)C(Br)CC(Br)C1OC(c2ccccc2)O1. The van der Waals surface area contributed by atoms with Gasteiger partial charge in [-0.3, -0.25) is 4.79 Å². The van der Waals surface area contributed by atoms with Crippen LogP contribution in [-0.4, -0.2) is 21.9 Å². The summed E-state index contributed by atoms with van der Waals surface area (Å²) in [4.78, 5) is 11.6. The predicted octanol–water partition coefficient (Wildman–Crippen LogP) is 4.72. The van der Waals surface area contributed by atoms with Gasteiger partial charge in [0.1, 0.15) is 11.4 Å². The summed E-state index contributed by atoms with van der Waals surface area (Å²) in [5.74, 6) is -0.299. The van der Waals surface area contributed by atoms with Crippen LogP contribution in [-0.2, 0) is 25.6 Å². The first-order valence-electron chi connectivity index (χ1n) is 7.98. The van der Waals surface area contributed by atoms with Crippen molar-refractivity contribution in [3.8, 4) is 0 Å². The third kappa shape index (κ3) is 5.14. The standard InChI is InChI=1S/C19H18Br2O4/c20-15(17(22)23-12-13-7-3-1-4-8-13)11-16(21)19-24-18(25-19)14-9-5-2-6-10-14/h1-10,15-16,18-19H,11-12H2. The molecule has 0 aliphatic carbocycles. The lowest BCUT2D eigenvalue weighted by atomic mass is 10.1. The number of ether oxygens (including phenoxy) is 3. The van der Waals surface area contributed by atoms with E-state index in [2.05, 4.69) is 31.9 Å². The van der Waals surface area contributed by atoms with E-state index in [4.69, 9.17) is 14.2 Å². The molecule has 2 aromatic rings. The molecular formula is C19H18Br2O4. The Labute approximate surface area is 163 Å². The van der Waals surface area contributed by atoms with E-state index in [0.717, 1.165) is 11.1 Å². The lowest BCUT2D eigenvalue weighted by Crippen LogP contribution is -2.42. The maximum Gasteiger partial charge on any atom is 0.320 e. The molecule has 0 N–H and O–H groups in total. The van der Waals surface area contributed by atoms with Crippen LogP contribution in [0.4, 0.5) is 0 Å². The van der Waals surface area contributed by atoms with Gasteiger partial charge >= 0.3 is 5.97 Å². The molecule has 0 aromatic heterocycles. The van der Waals surface area contributed by atoms with Crippen LogP contribution in [0.2, 0.25) is 0 Å². The zero-order valence-corrected chi connectivity index (χ0v) is 16.6. The number of benzene rings is 2. The Morgan fingerprint density at radius 3 is 2.24 bits per heavy atom. The van der Waals surface area contributed by atoms with Gasteiger partial charge in [0.2, 0.25) is 0 Å². The minimum absolute atomic E-state index is 0.110. The van der Waals surface area contributed by atoms with Crippen LogP contribution in [0, 0.1) is 0 Å². The van der Waals surface area contributed by atoms with Gasteiger partial charge in [0.15, 0.2) is 12.6 Å². The number of rotatable bonds is 7. The van der Waals surface area contributed by atoms with Gasteiger partial charge in [0.05, 0.1) is 4.83 Å². The second-order valence-electron chi connectivity index (χ2n) is 5.70. The van der Waals surface area contributed by atoms with Gasteiger partial charge in [-0.2, -0.15) is 0 Å². The molecule has 1 aliphatic rings. The van der Waals surface area contributed by atoms with Crippen LogP contribution in [0.5, 0.6) is 0 Å². The van der Waals surface area contributed by atoms with E-state index in [1.54, 1.807) is 0 Å². The average molecular weight is 470 g/mol. The first-order valence-corrected chi connectivity index (χ1v) is 9.81. The zero-order valence-electron chi connectivity index (χ0n) is 13.4. The molecule has 0 radical (unpaired) electrons. The van der Waals surface area contributed by atoms with E-state index in [-0.39, 0.29) is 30.0 Å². The Morgan fingerprint density at radius 2 is 1.60 bits per heavy atom. The van der Waals surface area contributed by atoms with E-state index in [1.807, 2.05) is 60.7 Å². The summed E-state index contributed by atoms with van der Waals surface area (Å²) in [6.07, 6.45) is -0.225. The number of halogens is 2. The number of esters is 1. The Balaban J connectivity index is 1.40. The van der Waals surface area contributed by atoms with Crippen molar-refractivity contribution in [1.29, 1.82) is 0 Å². The normalized spacial score (nSPS) is 21.8. The van der Waals surface area contributed by atoms with Crippen molar-refractivity contribution in [2.45, 2.75) is 35.3 Å². The van der Waals surface area contributed by atoms with Crippen LogP contribution in [0.25, 0.3) is 0 Å². The molecule has 6 heteroatoms. The molecule has 2 unspecified atom stereocenters. The van der Waals surface area contributed by atoms with Crippen LogP contribution in [0.15, 0.2) is 60.7 Å². The number of hydrogen-bond donors (Lipinski definition) is 0. The molecule has 1 heterocycles. The minimum atomic E-state index is -0.427. The molecule has 0 spiro atoms. The maximum atomic E-state index is 12.1. The summed E-state index contributed by atoms with van der Waals surface area (Å²) in [6, 6.07) is 19.3. The molecule has 1 saturated heterocycles. The maximum absolute atomic E-state index is 12.1. The summed E-state index contributed by atoms with van der Waals surface area (Å²) in [6.45, 7) is 0.265. The summed E-state index contributed by atoms with van der Waals surface area (Å²) < 4.78 is 16.8. The molecule has 25 heavy (non-hydrogen) atoms. The van der Waals surface area contributed by atoms with Crippen molar-refractivity contribution >= 4 is 37.8 Å². The van der Waals surface area contributed by atoms with Gasteiger partial charge < -0.3 is 14.2 Å². The smallest absolute Gasteiger partial charge is 0.320 e. The van der Waals surface area contributed by atoms with Crippen molar-refractivity contribution in [1.82, 2.24) is 0 Å². The quantitative estimate of drug-likeness (QED) is 0.434. The summed E-state index contributed by atoms with van der Waals surface area (Å²) >= 11 is 6.92. The third-order valence-electron chi connectivity index (χ3n) is 3.79. The Kier molecular flexibility index (Phi) is 6.64. The van der Waals surface area contributed by atoms with E-state index in [9.17, 15) is 4.79 Å². The minimum Gasteiger partial charge on any atom is -0.460 e. The highest BCUT2D eigenvalue weighted by Crippen LogP contribution is 2.37. The highest BCUT2D eigenvalue weighted by molar-refractivity contribution is 9.10. The van der Waals surface area contributed by atoms with Crippen molar-refractivity contribution in [2.75, 3.05) is 0 Å². The van der Waals surface area contributed by atoms with Gasteiger partial charge in [0, 0.05) is 5.56 Å². The fraction of sp³-hybridized carbons (Fsp3) is 0.316. The summed E-state index contributed by atoms with van der Waals surface area (Å²) in [7, 11) is 0. The first-order chi connectivity index (χ1) is 12.1. The van der Waals surface area contributed by atoms with Crippen molar-refractivity contribution < 1.29 is 19.0 Å². The second kappa shape index (κ2) is 8.94. The monoisotopic (exact) mass is 468 g/mol. The molecule has 0 amide bonds. The first kappa shape index (κ1) is 18.6. The number of carbonyl (C=O) groups excluding carboxylic acids is 1. The van der Waals surface area contributed by atoms with E-state index in [0.29, 0.717) is 6.42 Å². The van der Waals surface area contributed by atoms with Gasteiger partial charge in [-0.25, -0.2) is 0 Å². The fourth-order valence-corrected chi connectivity index (χ4v) is 4.08. The highest BCUT2D eigenvalue weighted by atomic mass is 79.9. The largest absolute Gasteiger partial charge is 0.460 e. The summed E-state index contributed by atoms with van der Waals surface area (Å²) in [5.41, 5.74) is 1.94. The van der Waals surface area contributed by atoms with Crippen LogP contribution in [0.3, 0.4) is 0 Å². The third-order valence-corrected chi connectivity index (χ3v) is 5.35. The molecule has 2 aromatic carbocycles. The Bertz CT molecular complexity index is 674. The molecule has 0 saturated carbocycles. The molecule has 132 valence electrons. The topological polar surface area (TPSA) is 44.8 Å². The molecule has 3 rings (SSSR count). The lowest BCUT2D eigenvalue weighted by molar-refractivity contribution is -0.388. The second-order valence-corrected chi connectivity index (χ2v) is 7.98. The van der Waals surface area contributed by atoms with Crippen molar-refractivity contribution in [2.24, 2.45) is 0 Å². The van der Waals surface area contributed by atoms with Crippen molar-refractivity contribution in [3.05, 3.63) is 71.8 Å². The summed E-state index contributed by atoms with van der Waals surface area (Å²) in [5, 5.41) is 0. The number of carbonyl (C=O) groups is 1.